The van der Waals surface area contributed by atoms with Crippen molar-refractivity contribution in [1.82, 2.24) is 5.32 Å². The van der Waals surface area contributed by atoms with E-state index in [1.165, 1.54) is 12.8 Å². The highest BCUT2D eigenvalue weighted by atomic mass is 16.3. The Hall–Kier alpha value is -0.570. The van der Waals surface area contributed by atoms with Gasteiger partial charge in [0.15, 0.2) is 0 Å². The van der Waals surface area contributed by atoms with Gasteiger partial charge in [0, 0.05) is 19.6 Å². The van der Waals surface area contributed by atoms with Gasteiger partial charge in [0.2, 0.25) is 5.91 Å². The van der Waals surface area contributed by atoms with Crippen LogP contribution in [0.1, 0.15) is 38.5 Å². The molecule has 3 nitrogen and oxygen atoms in total. The van der Waals surface area contributed by atoms with Gasteiger partial charge in [-0.3, -0.25) is 4.79 Å². The highest BCUT2D eigenvalue weighted by Gasteiger charge is 2.42. The molecule has 0 heterocycles. The van der Waals surface area contributed by atoms with Crippen LogP contribution >= 0.6 is 0 Å². The first kappa shape index (κ1) is 9.97. The third-order valence-corrected chi connectivity index (χ3v) is 3.43. The van der Waals surface area contributed by atoms with Crippen molar-refractivity contribution in [2.75, 3.05) is 13.2 Å². The second-order valence-electron chi connectivity index (χ2n) is 4.90. The summed E-state index contributed by atoms with van der Waals surface area (Å²) in [7, 11) is 0. The van der Waals surface area contributed by atoms with Crippen LogP contribution in [0.4, 0.5) is 0 Å². The minimum atomic E-state index is 0.205. The van der Waals surface area contributed by atoms with Crippen molar-refractivity contribution in [3.8, 4) is 0 Å². The molecule has 2 saturated carbocycles. The maximum atomic E-state index is 11.4. The summed E-state index contributed by atoms with van der Waals surface area (Å²) < 4.78 is 0. The fraction of sp³-hybridized carbons (Fsp3) is 0.909. The fourth-order valence-electron chi connectivity index (χ4n) is 1.87. The second-order valence-corrected chi connectivity index (χ2v) is 4.90. The predicted molar refractivity (Wildman–Crippen MR) is 53.7 cm³/mol. The first-order valence-corrected chi connectivity index (χ1v) is 5.62. The molecule has 0 aromatic carbocycles. The predicted octanol–water partition coefficient (Wildman–Crippen LogP) is 1.07. The average molecular weight is 197 g/mol. The first-order valence-electron chi connectivity index (χ1n) is 5.62. The van der Waals surface area contributed by atoms with Gasteiger partial charge in [0.1, 0.15) is 0 Å². The van der Waals surface area contributed by atoms with Crippen LogP contribution in [0.5, 0.6) is 0 Å². The molecule has 0 radical (unpaired) electrons. The molecule has 0 unspecified atom stereocenters. The van der Waals surface area contributed by atoms with Gasteiger partial charge >= 0.3 is 0 Å². The van der Waals surface area contributed by atoms with Gasteiger partial charge in [-0.1, -0.05) is 0 Å². The van der Waals surface area contributed by atoms with Crippen molar-refractivity contribution in [3.05, 3.63) is 0 Å². The summed E-state index contributed by atoms with van der Waals surface area (Å²) in [5, 5.41) is 11.8. The quantitative estimate of drug-likeness (QED) is 0.669. The Morgan fingerprint density at radius 3 is 2.64 bits per heavy atom. The zero-order valence-corrected chi connectivity index (χ0v) is 8.59. The minimum absolute atomic E-state index is 0.205. The van der Waals surface area contributed by atoms with Gasteiger partial charge in [-0.15, -0.1) is 0 Å². The van der Waals surface area contributed by atoms with Crippen LogP contribution in [-0.2, 0) is 4.79 Å². The summed E-state index contributed by atoms with van der Waals surface area (Å²) in [5.74, 6) is 0.875. The third-order valence-electron chi connectivity index (χ3n) is 3.43. The van der Waals surface area contributed by atoms with Crippen LogP contribution < -0.4 is 5.32 Å². The SMILES string of the molecule is O=C(CC1CC1)NCC1(CCO)CC1. The normalized spacial score (nSPS) is 23.2. The number of hydrogen-bond acceptors (Lipinski definition) is 2. The van der Waals surface area contributed by atoms with Gasteiger partial charge in [-0.05, 0) is 43.4 Å². The number of carbonyl (C=O) groups excluding carboxylic acids is 1. The summed E-state index contributed by atoms with van der Waals surface area (Å²) >= 11 is 0. The lowest BCUT2D eigenvalue weighted by Crippen LogP contribution is -2.30. The Morgan fingerprint density at radius 2 is 2.14 bits per heavy atom. The lowest BCUT2D eigenvalue weighted by atomic mass is 10.0. The highest BCUT2D eigenvalue weighted by molar-refractivity contribution is 5.76. The van der Waals surface area contributed by atoms with E-state index in [1.807, 2.05) is 0 Å². The van der Waals surface area contributed by atoms with Crippen LogP contribution in [0.25, 0.3) is 0 Å². The lowest BCUT2D eigenvalue weighted by molar-refractivity contribution is -0.121. The molecule has 80 valence electrons. The van der Waals surface area contributed by atoms with Gasteiger partial charge in [0.25, 0.3) is 0 Å². The molecule has 1 amide bonds. The standard InChI is InChI=1S/C11H19NO2/c13-6-5-11(3-4-11)8-12-10(14)7-9-1-2-9/h9,13H,1-8H2,(H,12,14). The molecule has 0 bridgehead atoms. The largest absolute Gasteiger partial charge is 0.396 e. The van der Waals surface area contributed by atoms with E-state index in [2.05, 4.69) is 5.32 Å². The van der Waals surface area contributed by atoms with E-state index in [1.54, 1.807) is 0 Å². The number of aliphatic hydroxyl groups is 1. The van der Waals surface area contributed by atoms with Gasteiger partial charge in [-0.2, -0.15) is 0 Å². The summed E-state index contributed by atoms with van der Waals surface area (Å²) in [6.45, 7) is 1.03. The maximum absolute atomic E-state index is 11.4. The Labute approximate surface area is 84.9 Å². The van der Waals surface area contributed by atoms with Crippen LogP contribution in [0.2, 0.25) is 0 Å². The molecule has 0 spiro atoms. The van der Waals surface area contributed by atoms with Gasteiger partial charge in [0.05, 0.1) is 0 Å². The number of nitrogens with one attached hydrogen (secondary N) is 1. The number of amides is 1. The minimum Gasteiger partial charge on any atom is -0.396 e. The highest BCUT2D eigenvalue weighted by Crippen LogP contribution is 2.47. The van der Waals surface area contributed by atoms with Crippen LogP contribution in [-0.4, -0.2) is 24.2 Å². The molecule has 2 aliphatic rings. The van der Waals surface area contributed by atoms with Crippen molar-refractivity contribution in [2.45, 2.75) is 38.5 Å². The average Bonchev–Trinajstić information content (AvgIpc) is 3.00. The first-order chi connectivity index (χ1) is 6.74. The van der Waals surface area contributed by atoms with Gasteiger partial charge in [-0.25, -0.2) is 0 Å². The van der Waals surface area contributed by atoms with Crippen LogP contribution in [0, 0.1) is 11.3 Å². The fourth-order valence-corrected chi connectivity index (χ4v) is 1.87. The maximum Gasteiger partial charge on any atom is 0.220 e. The Balaban J connectivity index is 1.63. The van der Waals surface area contributed by atoms with Crippen molar-refractivity contribution < 1.29 is 9.90 Å². The summed E-state index contributed by atoms with van der Waals surface area (Å²) in [6.07, 6.45) is 6.35. The molecule has 0 aromatic heterocycles. The van der Waals surface area contributed by atoms with E-state index in [0.29, 0.717) is 5.92 Å². The van der Waals surface area contributed by atoms with Crippen molar-refractivity contribution in [3.63, 3.8) is 0 Å². The van der Waals surface area contributed by atoms with E-state index in [0.717, 1.165) is 32.2 Å². The molecular weight excluding hydrogens is 178 g/mol. The van der Waals surface area contributed by atoms with Crippen molar-refractivity contribution in [2.24, 2.45) is 11.3 Å². The van der Waals surface area contributed by atoms with Crippen LogP contribution in [0.15, 0.2) is 0 Å². The molecule has 2 fully saturated rings. The molecule has 2 N–H and O–H groups in total. The van der Waals surface area contributed by atoms with E-state index in [9.17, 15) is 4.79 Å². The summed E-state index contributed by atoms with van der Waals surface area (Å²) in [4.78, 5) is 11.4. The molecule has 2 aliphatic carbocycles. The molecule has 0 aromatic rings. The number of aliphatic hydroxyl groups excluding tert-OH is 1. The van der Waals surface area contributed by atoms with Gasteiger partial charge < -0.3 is 10.4 Å². The molecule has 14 heavy (non-hydrogen) atoms. The number of rotatable bonds is 6. The zero-order valence-electron chi connectivity index (χ0n) is 8.59. The Kier molecular flexibility index (Phi) is 2.77. The lowest BCUT2D eigenvalue weighted by Gasteiger charge is -2.14. The van der Waals surface area contributed by atoms with E-state index in [-0.39, 0.29) is 17.9 Å². The summed E-state index contributed by atoms with van der Waals surface area (Å²) in [6, 6.07) is 0. The Bertz CT molecular complexity index is 219. The molecule has 3 heteroatoms. The topological polar surface area (TPSA) is 49.3 Å². The van der Waals surface area contributed by atoms with Crippen molar-refractivity contribution >= 4 is 5.91 Å². The van der Waals surface area contributed by atoms with E-state index in [4.69, 9.17) is 5.11 Å². The zero-order chi connectivity index (χ0) is 10.0. The molecule has 0 saturated heterocycles. The van der Waals surface area contributed by atoms with Crippen molar-refractivity contribution in [1.29, 1.82) is 0 Å². The van der Waals surface area contributed by atoms with E-state index < -0.39 is 0 Å². The molecule has 0 atom stereocenters. The molecular formula is C11H19NO2. The smallest absolute Gasteiger partial charge is 0.220 e. The number of hydrogen-bond donors (Lipinski definition) is 2. The van der Waals surface area contributed by atoms with Crippen LogP contribution in [0.3, 0.4) is 0 Å². The Morgan fingerprint density at radius 1 is 1.43 bits per heavy atom. The molecule has 2 rings (SSSR count). The monoisotopic (exact) mass is 197 g/mol. The summed E-state index contributed by atoms with van der Waals surface area (Å²) in [5.41, 5.74) is 0.258. The third kappa shape index (κ3) is 2.71. The molecule has 0 aliphatic heterocycles. The van der Waals surface area contributed by atoms with E-state index >= 15 is 0 Å². The number of carbonyl (C=O) groups is 1. The second kappa shape index (κ2) is 3.89.